The van der Waals surface area contributed by atoms with Crippen LogP contribution < -0.4 is 5.69 Å². The van der Waals surface area contributed by atoms with E-state index in [1.54, 1.807) is 31.2 Å². The van der Waals surface area contributed by atoms with Crippen molar-refractivity contribution in [1.82, 2.24) is 19.8 Å². The van der Waals surface area contributed by atoms with Crippen LogP contribution >= 0.6 is 0 Å². The monoisotopic (exact) mass is 343 g/mol. The zero-order chi connectivity index (χ0) is 18.0. The smallest absolute Gasteiger partial charge is 0.258 e. The van der Waals surface area contributed by atoms with Gasteiger partial charge in [-0.05, 0) is 41.5 Å². The van der Waals surface area contributed by atoms with E-state index in [0.717, 1.165) is 5.56 Å². The lowest BCUT2D eigenvalue weighted by Crippen LogP contribution is -2.25. The first-order valence-electron chi connectivity index (χ1n) is 7.43. The quantitative estimate of drug-likeness (QED) is 0.521. The summed E-state index contributed by atoms with van der Waals surface area (Å²) >= 11 is 0. The predicted octanol–water partition coefficient (Wildman–Crippen LogP) is 1.89. The molecule has 0 N–H and O–H groups in total. The van der Waals surface area contributed by atoms with E-state index in [0.29, 0.717) is 11.1 Å². The minimum absolute atomic E-state index is 0.0223. The number of halogens is 1. The van der Waals surface area contributed by atoms with E-state index in [9.17, 15) is 19.3 Å². The van der Waals surface area contributed by atoms with Crippen LogP contribution in [0, 0.1) is 22.9 Å². The highest BCUT2D eigenvalue weighted by atomic mass is 19.1. The average Bonchev–Trinajstić information content (AvgIpc) is 2.90. The molecule has 1 aromatic heterocycles. The number of benzene rings is 2. The minimum Gasteiger partial charge on any atom is -0.258 e. The third-order valence-electron chi connectivity index (χ3n) is 3.76. The first-order chi connectivity index (χ1) is 11.9. The third-order valence-corrected chi connectivity index (χ3v) is 3.76. The van der Waals surface area contributed by atoms with E-state index < -0.39 is 10.6 Å². The largest absolute Gasteiger partial charge is 0.384 e. The van der Waals surface area contributed by atoms with Gasteiger partial charge < -0.3 is 0 Å². The number of nitro benzene ring substituents is 1. The SMILES string of the molecule is Cc1cc(Cn2c(=O)nnn2Cc2ccc(F)cc2)ccc1[N+](=O)[O-]. The number of hydrogen-bond donors (Lipinski definition) is 0. The molecule has 0 atom stereocenters. The van der Waals surface area contributed by atoms with E-state index in [-0.39, 0.29) is 24.6 Å². The Kier molecular flexibility index (Phi) is 4.38. The molecule has 3 rings (SSSR count). The second-order valence-electron chi connectivity index (χ2n) is 5.56. The van der Waals surface area contributed by atoms with Gasteiger partial charge in [-0.25, -0.2) is 13.9 Å². The molecule has 0 amide bonds. The Morgan fingerprint density at radius 3 is 2.44 bits per heavy atom. The normalized spacial score (nSPS) is 10.8. The van der Waals surface area contributed by atoms with Crippen molar-refractivity contribution in [3.05, 3.63) is 85.6 Å². The fraction of sp³-hybridized carbons (Fsp3) is 0.188. The van der Waals surface area contributed by atoms with Gasteiger partial charge in [0.25, 0.3) is 5.69 Å². The molecular weight excluding hydrogens is 329 g/mol. The molecule has 0 aliphatic heterocycles. The summed E-state index contributed by atoms with van der Waals surface area (Å²) in [6, 6.07) is 10.5. The molecule has 0 spiro atoms. The lowest BCUT2D eigenvalue weighted by Gasteiger charge is -2.09. The second-order valence-corrected chi connectivity index (χ2v) is 5.56. The minimum atomic E-state index is -0.530. The summed E-state index contributed by atoms with van der Waals surface area (Å²) in [5.41, 5.74) is 1.48. The van der Waals surface area contributed by atoms with Crippen LogP contribution in [0.5, 0.6) is 0 Å². The molecule has 8 nitrogen and oxygen atoms in total. The summed E-state index contributed by atoms with van der Waals surface area (Å²) in [4.78, 5) is 23.8. The molecule has 0 unspecified atom stereocenters. The zero-order valence-electron chi connectivity index (χ0n) is 13.3. The van der Waals surface area contributed by atoms with Gasteiger partial charge in [0.1, 0.15) is 5.82 Å². The van der Waals surface area contributed by atoms with Gasteiger partial charge in [-0.3, -0.25) is 10.1 Å². The van der Waals surface area contributed by atoms with Crippen LogP contribution in [0.15, 0.2) is 47.3 Å². The molecule has 25 heavy (non-hydrogen) atoms. The number of hydrogen-bond acceptors (Lipinski definition) is 5. The summed E-state index contributed by atoms with van der Waals surface area (Å²) < 4.78 is 14.3. The van der Waals surface area contributed by atoms with Gasteiger partial charge in [0.2, 0.25) is 0 Å². The first kappa shape index (κ1) is 16.5. The summed E-state index contributed by atoms with van der Waals surface area (Å²) in [7, 11) is 0. The summed E-state index contributed by atoms with van der Waals surface area (Å²) in [6.45, 7) is 2.06. The predicted molar refractivity (Wildman–Crippen MR) is 86.7 cm³/mol. The van der Waals surface area contributed by atoms with Gasteiger partial charge in [0.15, 0.2) is 0 Å². The molecule has 2 aromatic carbocycles. The van der Waals surface area contributed by atoms with Crippen molar-refractivity contribution in [3.63, 3.8) is 0 Å². The number of nitro groups is 1. The summed E-state index contributed by atoms with van der Waals surface area (Å²) in [6.07, 6.45) is 0. The van der Waals surface area contributed by atoms with Gasteiger partial charge in [0, 0.05) is 11.6 Å². The van der Waals surface area contributed by atoms with Crippen molar-refractivity contribution < 1.29 is 9.31 Å². The molecule has 0 radical (unpaired) electrons. The van der Waals surface area contributed by atoms with Gasteiger partial charge in [-0.1, -0.05) is 23.3 Å². The van der Waals surface area contributed by atoms with Crippen molar-refractivity contribution in [2.45, 2.75) is 20.0 Å². The number of aryl methyl sites for hydroxylation is 1. The highest BCUT2D eigenvalue weighted by molar-refractivity contribution is 5.41. The standard InChI is InChI=1S/C16H14FN5O3/c1-11-8-13(4-7-15(11)22(24)25)9-20-16(23)18-19-21(20)10-12-2-5-14(17)6-3-12/h2-8H,9-10H2,1H3. The van der Waals surface area contributed by atoms with Crippen LogP contribution in [-0.4, -0.2) is 24.7 Å². The van der Waals surface area contributed by atoms with Gasteiger partial charge >= 0.3 is 5.69 Å². The van der Waals surface area contributed by atoms with Gasteiger partial charge in [-0.15, -0.1) is 0 Å². The number of nitrogens with zero attached hydrogens (tertiary/aromatic N) is 5. The molecular formula is C16H14FN5O3. The maximum Gasteiger partial charge on any atom is 0.384 e. The van der Waals surface area contributed by atoms with Gasteiger partial charge in [-0.2, -0.15) is 4.80 Å². The molecule has 0 saturated carbocycles. The molecule has 0 fully saturated rings. The zero-order valence-corrected chi connectivity index (χ0v) is 13.3. The Labute approximate surface area is 141 Å². The van der Waals surface area contributed by atoms with E-state index in [1.165, 1.54) is 27.7 Å². The van der Waals surface area contributed by atoms with Crippen molar-refractivity contribution in [1.29, 1.82) is 0 Å². The number of tetrazole rings is 1. The lowest BCUT2D eigenvalue weighted by atomic mass is 10.1. The van der Waals surface area contributed by atoms with E-state index in [1.807, 2.05) is 0 Å². The molecule has 0 aliphatic carbocycles. The maximum absolute atomic E-state index is 13.0. The molecule has 3 aromatic rings. The summed E-state index contributed by atoms with van der Waals surface area (Å²) in [5, 5.41) is 18.2. The molecule has 0 aliphatic rings. The van der Waals surface area contributed by atoms with E-state index >= 15 is 0 Å². The van der Waals surface area contributed by atoms with E-state index in [2.05, 4.69) is 10.3 Å². The highest BCUT2D eigenvalue weighted by Gasteiger charge is 2.13. The van der Waals surface area contributed by atoms with Crippen molar-refractivity contribution in [2.75, 3.05) is 0 Å². The fourth-order valence-corrected chi connectivity index (χ4v) is 2.50. The fourth-order valence-electron chi connectivity index (χ4n) is 2.50. The van der Waals surface area contributed by atoms with Crippen molar-refractivity contribution in [3.8, 4) is 0 Å². The Bertz CT molecular complexity index is 978. The molecule has 0 bridgehead atoms. The molecule has 0 saturated heterocycles. The molecule has 128 valence electrons. The van der Waals surface area contributed by atoms with Crippen molar-refractivity contribution in [2.24, 2.45) is 0 Å². The maximum atomic E-state index is 13.0. The second kappa shape index (κ2) is 6.63. The van der Waals surface area contributed by atoms with Crippen LogP contribution in [-0.2, 0) is 13.1 Å². The lowest BCUT2D eigenvalue weighted by molar-refractivity contribution is -0.385. The van der Waals surface area contributed by atoms with Gasteiger partial charge in [0.05, 0.1) is 18.0 Å². The van der Waals surface area contributed by atoms with Crippen LogP contribution in [0.3, 0.4) is 0 Å². The molecule has 9 heteroatoms. The number of aromatic nitrogens is 4. The first-order valence-corrected chi connectivity index (χ1v) is 7.43. The van der Waals surface area contributed by atoms with Crippen LogP contribution in [0.4, 0.5) is 10.1 Å². The van der Waals surface area contributed by atoms with Crippen LogP contribution in [0.2, 0.25) is 0 Å². The Morgan fingerprint density at radius 2 is 1.80 bits per heavy atom. The van der Waals surface area contributed by atoms with Crippen LogP contribution in [0.25, 0.3) is 0 Å². The number of rotatable bonds is 5. The Hall–Kier alpha value is -3.36. The topological polar surface area (TPSA) is 95.8 Å². The third kappa shape index (κ3) is 3.60. The van der Waals surface area contributed by atoms with Crippen molar-refractivity contribution >= 4 is 5.69 Å². The Balaban J connectivity index is 1.87. The Morgan fingerprint density at radius 1 is 1.12 bits per heavy atom. The highest BCUT2D eigenvalue weighted by Crippen LogP contribution is 2.19. The van der Waals surface area contributed by atoms with Crippen LogP contribution in [0.1, 0.15) is 16.7 Å². The molecule has 1 heterocycles. The average molecular weight is 343 g/mol. The summed E-state index contributed by atoms with van der Waals surface area (Å²) in [5.74, 6) is -0.346. The van der Waals surface area contributed by atoms with E-state index in [4.69, 9.17) is 0 Å².